The van der Waals surface area contributed by atoms with E-state index in [1.165, 1.54) is 12.1 Å². The van der Waals surface area contributed by atoms with Gasteiger partial charge in [-0.1, -0.05) is 0 Å². The molecule has 0 fully saturated rings. The minimum atomic E-state index is -3.61. The first-order valence-corrected chi connectivity index (χ1v) is 7.82. The molecule has 21 heavy (non-hydrogen) atoms. The normalized spacial score (nSPS) is 11.1. The molecule has 0 amide bonds. The van der Waals surface area contributed by atoms with Crippen molar-refractivity contribution in [1.82, 2.24) is 9.71 Å². The molecule has 0 saturated carbocycles. The summed E-state index contributed by atoms with van der Waals surface area (Å²) in [5.41, 5.74) is 2.79. The SMILES string of the molecule is Cc1cnccc1CNS(=O)(=O)c1ccc(C#N)cc1C. The second-order valence-corrected chi connectivity index (χ2v) is 6.45. The molecule has 1 aromatic carbocycles. The maximum atomic E-state index is 12.3. The van der Waals surface area contributed by atoms with Gasteiger partial charge in [0.25, 0.3) is 0 Å². The summed E-state index contributed by atoms with van der Waals surface area (Å²) in [4.78, 5) is 4.16. The van der Waals surface area contributed by atoms with Crippen LogP contribution in [-0.4, -0.2) is 13.4 Å². The number of aromatic nitrogens is 1. The van der Waals surface area contributed by atoms with Gasteiger partial charge in [-0.15, -0.1) is 0 Å². The fourth-order valence-corrected chi connectivity index (χ4v) is 3.20. The molecule has 108 valence electrons. The van der Waals surface area contributed by atoms with E-state index in [1.807, 2.05) is 13.0 Å². The Balaban J connectivity index is 2.24. The van der Waals surface area contributed by atoms with E-state index in [0.29, 0.717) is 11.1 Å². The lowest BCUT2D eigenvalue weighted by Crippen LogP contribution is -2.24. The summed E-state index contributed by atoms with van der Waals surface area (Å²) < 4.78 is 27.2. The summed E-state index contributed by atoms with van der Waals surface area (Å²) in [6.07, 6.45) is 3.32. The van der Waals surface area contributed by atoms with Crippen LogP contribution in [0.3, 0.4) is 0 Å². The number of sulfonamides is 1. The van der Waals surface area contributed by atoms with E-state index in [9.17, 15) is 8.42 Å². The number of hydrogen-bond acceptors (Lipinski definition) is 4. The Morgan fingerprint density at radius 3 is 2.62 bits per heavy atom. The van der Waals surface area contributed by atoms with Crippen molar-refractivity contribution >= 4 is 10.0 Å². The lowest BCUT2D eigenvalue weighted by atomic mass is 10.2. The van der Waals surface area contributed by atoms with Crippen LogP contribution in [0.15, 0.2) is 41.6 Å². The minimum absolute atomic E-state index is 0.188. The molecule has 0 aliphatic rings. The maximum absolute atomic E-state index is 12.3. The highest BCUT2D eigenvalue weighted by molar-refractivity contribution is 7.89. The Labute approximate surface area is 124 Å². The summed E-state index contributed by atoms with van der Waals surface area (Å²) in [7, 11) is -3.61. The first-order chi connectivity index (χ1) is 9.94. The van der Waals surface area contributed by atoms with E-state index in [0.717, 1.165) is 11.1 Å². The zero-order chi connectivity index (χ0) is 15.5. The molecule has 0 aliphatic carbocycles. The molecular formula is C15H15N3O2S. The molecule has 6 heteroatoms. The van der Waals surface area contributed by atoms with Crippen LogP contribution in [-0.2, 0) is 16.6 Å². The molecule has 1 heterocycles. The Hall–Kier alpha value is -2.23. The molecular weight excluding hydrogens is 286 g/mol. The van der Waals surface area contributed by atoms with Gasteiger partial charge in [0.15, 0.2) is 0 Å². The monoisotopic (exact) mass is 301 g/mol. The fraction of sp³-hybridized carbons (Fsp3) is 0.200. The zero-order valence-corrected chi connectivity index (χ0v) is 12.6. The van der Waals surface area contributed by atoms with Gasteiger partial charge in [-0.05, 0) is 54.8 Å². The Morgan fingerprint density at radius 2 is 2.00 bits per heavy atom. The predicted molar refractivity (Wildman–Crippen MR) is 78.9 cm³/mol. The average molecular weight is 301 g/mol. The summed E-state index contributed by atoms with van der Waals surface area (Å²) in [6, 6.07) is 8.29. The molecule has 2 rings (SSSR count). The molecule has 0 unspecified atom stereocenters. The molecule has 0 atom stereocenters. The van der Waals surface area contributed by atoms with Crippen LogP contribution in [0.25, 0.3) is 0 Å². The topological polar surface area (TPSA) is 82.8 Å². The number of benzene rings is 1. The highest BCUT2D eigenvalue weighted by Crippen LogP contribution is 2.17. The molecule has 1 aromatic heterocycles. The van der Waals surface area contributed by atoms with Gasteiger partial charge in [-0.3, -0.25) is 4.98 Å². The van der Waals surface area contributed by atoms with Crippen LogP contribution >= 0.6 is 0 Å². The van der Waals surface area contributed by atoms with Crippen LogP contribution in [0, 0.1) is 25.2 Å². The Kier molecular flexibility index (Phi) is 4.36. The number of nitrogens with one attached hydrogen (secondary N) is 1. The summed E-state index contributed by atoms with van der Waals surface area (Å²) in [6.45, 7) is 3.76. The first kappa shape index (κ1) is 15.2. The van der Waals surface area contributed by atoms with Gasteiger partial charge in [-0.25, -0.2) is 13.1 Å². The van der Waals surface area contributed by atoms with Crippen molar-refractivity contribution in [2.75, 3.05) is 0 Å². The van der Waals surface area contributed by atoms with Crippen molar-refractivity contribution in [2.45, 2.75) is 25.3 Å². The van der Waals surface area contributed by atoms with Gasteiger partial charge in [0, 0.05) is 18.9 Å². The van der Waals surface area contributed by atoms with E-state index < -0.39 is 10.0 Å². The largest absolute Gasteiger partial charge is 0.264 e. The van der Waals surface area contributed by atoms with Gasteiger partial charge in [0.2, 0.25) is 10.0 Å². The number of aryl methyl sites for hydroxylation is 2. The highest BCUT2D eigenvalue weighted by Gasteiger charge is 2.17. The predicted octanol–water partition coefficient (Wildman–Crippen LogP) is 2.05. The molecule has 0 radical (unpaired) electrons. The molecule has 0 spiro atoms. The third-order valence-electron chi connectivity index (χ3n) is 3.18. The average Bonchev–Trinajstić information content (AvgIpc) is 2.46. The van der Waals surface area contributed by atoms with E-state index in [2.05, 4.69) is 9.71 Å². The number of nitriles is 1. The number of hydrogen-bond donors (Lipinski definition) is 1. The van der Waals surface area contributed by atoms with E-state index in [4.69, 9.17) is 5.26 Å². The molecule has 1 N–H and O–H groups in total. The van der Waals surface area contributed by atoms with Crippen molar-refractivity contribution in [3.05, 3.63) is 58.9 Å². The van der Waals surface area contributed by atoms with Crippen molar-refractivity contribution in [3.63, 3.8) is 0 Å². The number of nitrogens with zero attached hydrogens (tertiary/aromatic N) is 2. The first-order valence-electron chi connectivity index (χ1n) is 6.34. The van der Waals surface area contributed by atoms with Crippen molar-refractivity contribution < 1.29 is 8.42 Å². The third kappa shape index (κ3) is 3.45. The van der Waals surface area contributed by atoms with Crippen molar-refractivity contribution in [2.24, 2.45) is 0 Å². The second-order valence-electron chi connectivity index (χ2n) is 4.72. The smallest absolute Gasteiger partial charge is 0.241 e. The van der Waals surface area contributed by atoms with Crippen LogP contribution < -0.4 is 4.72 Å². The van der Waals surface area contributed by atoms with Gasteiger partial charge < -0.3 is 0 Å². The molecule has 2 aromatic rings. The quantitative estimate of drug-likeness (QED) is 0.937. The summed E-state index contributed by atoms with van der Waals surface area (Å²) in [5, 5.41) is 8.82. The lowest BCUT2D eigenvalue weighted by molar-refractivity contribution is 0.580. The van der Waals surface area contributed by atoms with Gasteiger partial charge >= 0.3 is 0 Å². The van der Waals surface area contributed by atoms with Gasteiger partial charge in [-0.2, -0.15) is 5.26 Å². The molecule has 5 nitrogen and oxygen atoms in total. The second kappa shape index (κ2) is 6.04. The fourth-order valence-electron chi connectivity index (χ4n) is 1.97. The van der Waals surface area contributed by atoms with Gasteiger partial charge in [0.05, 0.1) is 16.5 Å². The van der Waals surface area contributed by atoms with E-state index in [-0.39, 0.29) is 11.4 Å². The van der Waals surface area contributed by atoms with Crippen LogP contribution in [0.2, 0.25) is 0 Å². The standard InChI is InChI=1S/C15H15N3O2S/c1-11-7-13(8-16)3-4-15(11)21(19,20)18-10-14-5-6-17-9-12(14)2/h3-7,9,18H,10H2,1-2H3. The van der Waals surface area contributed by atoms with Crippen LogP contribution in [0.1, 0.15) is 22.3 Å². The molecule has 0 bridgehead atoms. The number of pyridine rings is 1. The zero-order valence-electron chi connectivity index (χ0n) is 11.8. The van der Waals surface area contributed by atoms with Gasteiger partial charge in [0.1, 0.15) is 0 Å². The van der Waals surface area contributed by atoms with Crippen LogP contribution in [0.5, 0.6) is 0 Å². The van der Waals surface area contributed by atoms with Crippen molar-refractivity contribution in [1.29, 1.82) is 5.26 Å². The van der Waals surface area contributed by atoms with Crippen molar-refractivity contribution in [3.8, 4) is 6.07 Å². The van der Waals surface area contributed by atoms with E-state index in [1.54, 1.807) is 31.5 Å². The molecule has 0 saturated heterocycles. The Morgan fingerprint density at radius 1 is 1.24 bits per heavy atom. The summed E-state index contributed by atoms with van der Waals surface area (Å²) >= 11 is 0. The lowest BCUT2D eigenvalue weighted by Gasteiger charge is -2.10. The number of rotatable bonds is 4. The maximum Gasteiger partial charge on any atom is 0.241 e. The molecule has 0 aliphatic heterocycles. The third-order valence-corrected chi connectivity index (χ3v) is 4.74. The minimum Gasteiger partial charge on any atom is -0.264 e. The highest BCUT2D eigenvalue weighted by atomic mass is 32.2. The Bertz CT molecular complexity index is 808. The van der Waals surface area contributed by atoms with E-state index >= 15 is 0 Å². The van der Waals surface area contributed by atoms with Crippen LogP contribution in [0.4, 0.5) is 0 Å². The summed E-state index contributed by atoms with van der Waals surface area (Å²) in [5.74, 6) is 0.